The first-order chi connectivity index (χ1) is 17.9. The molecule has 0 bridgehead atoms. The molecule has 3 aromatic rings. The zero-order valence-electron chi connectivity index (χ0n) is 22.6. The highest BCUT2D eigenvalue weighted by atomic mass is 32.1. The third-order valence-electron chi connectivity index (χ3n) is 6.51. The molecule has 1 aromatic heterocycles. The summed E-state index contributed by atoms with van der Waals surface area (Å²) in [6.07, 6.45) is -0.608. The molecule has 1 saturated heterocycles. The van der Waals surface area contributed by atoms with Gasteiger partial charge < -0.3 is 15.0 Å². The standard InChI is InChI=1S/C29H35N3O4SSi/c1-29(2,3)36-28(35)31-23-13-12-22(25-7-6-16-37-25)19-24(23)30-26(33)20-8-10-21(11-9-20)27(34)32-14-17-38(4,5)18-15-32/h6-13,16,19H,14-15,17-18H2,1-5H3,(H,30,33)(H,31,35). The van der Waals surface area contributed by atoms with Gasteiger partial charge in [0.15, 0.2) is 0 Å². The van der Waals surface area contributed by atoms with Crippen molar-refractivity contribution in [3.63, 3.8) is 0 Å². The number of ether oxygens (including phenoxy) is 1. The van der Waals surface area contributed by atoms with E-state index in [2.05, 4.69) is 23.7 Å². The summed E-state index contributed by atoms with van der Waals surface area (Å²) in [7, 11) is -1.17. The van der Waals surface area contributed by atoms with Crippen LogP contribution in [0, 0.1) is 0 Å². The molecule has 0 atom stereocenters. The van der Waals surface area contributed by atoms with Crippen LogP contribution in [-0.2, 0) is 4.74 Å². The largest absolute Gasteiger partial charge is 0.444 e. The fourth-order valence-corrected chi connectivity index (χ4v) is 6.95. The highest BCUT2D eigenvalue weighted by molar-refractivity contribution is 7.13. The predicted octanol–water partition coefficient (Wildman–Crippen LogP) is 7.18. The summed E-state index contributed by atoms with van der Waals surface area (Å²) < 4.78 is 5.39. The molecular formula is C29H35N3O4SSi. The van der Waals surface area contributed by atoms with Crippen LogP contribution in [0.25, 0.3) is 10.4 Å². The number of thiophene rings is 1. The molecule has 200 valence electrons. The van der Waals surface area contributed by atoms with E-state index in [0.717, 1.165) is 35.6 Å². The molecule has 0 radical (unpaired) electrons. The van der Waals surface area contributed by atoms with Crippen molar-refractivity contribution in [3.05, 3.63) is 71.1 Å². The molecule has 2 aromatic carbocycles. The van der Waals surface area contributed by atoms with Crippen LogP contribution in [0.1, 0.15) is 41.5 Å². The Kier molecular flexibility index (Phi) is 8.08. The molecule has 0 spiro atoms. The number of carbonyl (C=O) groups excluding carboxylic acids is 3. The first-order valence-corrected chi connectivity index (χ1v) is 17.1. The SMILES string of the molecule is CC(C)(C)OC(=O)Nc1ccc(-c2cccs2)cc1NC(=O)c1ccc(C(=O)N2CC[Si](C)(C)CC2)cc1. The van der Waals surface area contributed by atoms with Crippen LogP contribution in [0.15, 0.2) is 60.0 Å². The predicted molar refractivity (Wildman–Crippen MR) is 157 cm³/mol. The molecule has 7 nitrogen and oxygen atoms in total. The summed E-state index contributed by atoms with van der Waals surface area (Å²) in [5.41, 5.74) is 2.13. The Balaban J connectivity index is 1.51. The zero-order valence-corrected chi connectivity index (χ0v) is 24.4. The number of rotatable bonds is 5. The van der Waals surface area contributed by atoms with Gasteiger partial charge in [0.05, 0.1) is 19.4 Å². The molecule has 2 N–H and O–H groups in total. The lowest BCUT2D eigenvalue weighted by atomic mass is 10.1. The molecular weight excluding hydrogens is 514 g/mol. The second-order valence-corrected chi connectivity index (χ2v) is 17.6. The first kappa shape index (κ1) is 27.6. The fraction of sp³-hybridized carbons (Fsp3) is 0.345. The van der Waals surface area contributed by atoms with E-state index in [1.807, 2.05) is 34.5 Å². The van der Waals surface area contributed by atoms with Crippen LogP contribution in [0.5, 0.6) is 0 Å². The molecule has 0 unspecified atom stereocenters. The summed E-state index contributed by atoms with van der Waals surface area (Å²) in [6.45, 7) is 11.7. The van der Waals surface area contributed by atoms with Gasteiger partial charge in [0.2, 0.25) is 0 Å². The van der Waals surface area contributed by atoms with E-state index in [-0.39, 0.29) is 11.8 Å². The normalized spacial score (nSPS) is 15.0. The van der Waals surface area contributed by atoms with Gasteiger partial charge in [0, 0.05) is 29.1 Å². The van der Waals surface area contributed by atoms with Gasteiger partial charge in [-0.1, -0.05) is 25.2 Å². The maximum atomic E-state index is 13.2. The van der Waals surface area contributed by atoms with Crippen molar-refractivity contribution in [2.45, 2.75) is 51.6 Å². The lowest BCUT2D eigenvalue weighted by Gasteiger charge is -2.35. The zero-order chi connectivity index (χ0) is 27.5. The summed E-state index contributed by atoms with van der Waals surface area (Å²) in [5.74, 6) is -0.334. The maximum Gasteiger partial charge on any atom is 0.412 e. The third-order valence-corrected chi connectivity index (χ3v) is 10.6. The van der Waals surface area contributed by atoms with Crippen molar-refractivity contribution in [2.24, 2.45) is 0 Å². The minimum Gasteiger partial charge on any atom is -0.444 e. The third kappa shape index (κ3) is 7.11. The average Bonchev–Trinajstić information content (AvgIpc) is 3.39. The average molecular weight is 550 g/mol. The Labute approximate surface area is 229 Å². The Morgan fingerprint density at radius 1 is 0.895 bits per heavy atom. The number of nitrogens with zero attached hydrogens (tertiary/aromatic N) is 1. The Hall–Kier alpha value is -3.43. The van der Waals surface area contributed by atoms with E-state index in [1.165, 1.54) is 0 Å². The summed E-state index contributed by atoms with van der Waals surface area (Å²) >= 11 is 1.58. The number of carbonyl (C=O) groups is 3. The van der Waals surface area contributed by atoms with Crippen LogP contribution in [0.3, 0.4) is 0 Å². The number of anilines is 2. The monoisotopic (exact) mass is 549 g/mol. The summed E-state index contributed by atoms with van der Waals surface area (Å²) in [4.78, 5) is 41.6. The van der Waals surface area contributed by atoms with Crippen molar-refractivity contribution in [1.82, 2.24) is 4.90 Å². The summed E-state index contributed by atoms with van der Waals surface area (Å²) in [6, 6.07) is 18.4. The van der Waals surface area contributed by atoms with Gasteiger partial charge >= 0.3 is 6.09 Å². The van der Waals surface area contributed by atoms with Gasteiger partial charge in [-0.25, -0.2) is 4.79 Å². The fourth-order valence-electron chi connectivity index (χ4n) is 4.22. The van der Waals surface area contributed by atoms with E-state index in [0.29, 0.717) is 22.5 Å². The van der Waals surface area contributed by atoms with Crippen molar-refractivity contribution in [2.75, 3.05) is 23.7 Å². The molecule has 0 saturated carbocycles. The van der Waals surface area contributed by atoms with Crippen LogP contribution >= 0.6 is 11.3 Å². The number of nitrogens with one attached hydrogen (secondary N) is 2. The number of benzene rings is 2. The van der Waals surface area contributed by atoms with Gasteiger partial charge in [-0.05, 0) is 86.3 Å². The van der Waals surface area contributed by atoms with Crippen molar-refractivity contribution >= 4 is 48.7 Å². The molecule has 3 amide bonds. The van der Waals surface area contributed by atoms with E-state index < -0.39 is 19.8 Å². The number of hydrogen-bond acceptors (Lipinski definition) is 5. The van der Waals surface area contributed by atoms with Crippen LogP contribution in [-0.4, -0.2) is 49.6 Å². The minimum atomic E-state index is -1.17. The van der Waals surface area contributed by atoms with Gasteiger partial charge in [-0.2, -0.15) is 0 Å². The van der Waals surface area contributed by atoms with Crippen molar-refractivity contribution in [1.29, 1.82) is 0 Å². The molecule has 9 heteroatoms. The number of hydrogen-bond donors (Lipinski definition) is 2. The van der Waals surface area contributed by atoms with E-state index in [9.17, 15) is 14.4 Å². The van der Waals surface area contributed by atoms with Gasteiger partial charge in [0.25, 0.3) is 11.8 Å². The molecule has 1 aliphatic rings. The number of amides is 3. The van der Waals surface area contributed by atoms with Gasteiger partial charge in [-0.15, -0.1) is 11.3 Å². The highest BCUT2D eigenvalue weighted by Gasteiger charge is 2.30. The Morgan fingerprint density at radius 3 is 2.16 bits per heavy atom. The van der Waals surface area contributed by atoms with Crippen molar-refractivity contribution in [3.8, 4) is 10.4 Å². The second-order valence-electron chi connectivity index (χ2n) is 11.4. The van der Waals surface area contributed by atoms with E-state index in [1.54, 1.807) is 62.4 Å². The van der Waals surface area contributed by atoms with Crippen molar-refractivity contribution < 1.29 is 19.1 Å². The second kappa shape index (κ2) is 11.1. The molecule has 0 aliphatic carbocycles. The molecule has 2 heterocycles. The summed E-state index contributed by atoms with van der Waals surface area (Å²) in [5, 5.41) is 7.65. The highest BCUT2D eigenvalue weighted by Crippen LogP contribution is 2.32. The van der Waals surface area contributed by atoms with Crippen LogP contribution in [0.4, 0.5) is 16.2 Å². The van der Waals surface area contributed by atoms with E-state index >= 15 is 0 Å². The Morgan fingerprint density at radius 2 is 1.55 bits per heavy atom. The quantitative estimate of drug-likeness (QED) is 0.330. The smallest absolute Gasteiger partial charge is 0.412 e. The Bertz CT molecular complexity index is 1300. The maximum absolute atomic E-state index is 13.2. The lowest BCUT2D eigenvalue weighted by Crippen LogP contribution is -2.45. The van der Waals surface area contributed by atoms with Crippen LogP contribution < -0.4 is 10.6 Å². The van der Waals surface area contributed by atoms with E-state index in [4.69, 9.17) is 4.74 Å². The molecule has 38 heavy (non-hydrogen) atoms. The first-order valence-electron chi connectivity index (χ1n) is 12.8. The van der Waals surface area contributed by atoms with Gasteiger partial charge in [-0.3, -0.25) is 14.9 Å². The molecule has 1 aliphatic heterocycles. The lowest BCUT2D eigenvalue weighted by molar-refractivity contribution is 0.0635. The molecule has 1 fully saturated rings. The topological polar surface area (TPSA) is 87.7 Å². The van der Waals surface area contributed by atoms with Crippen LogP contribution in [0.2, 0.25) is 25.2 Å². The molecule has 4 rings (SSSR count). The van der Waals surface area contributed by atoms with Gasteiger partial charge in [0.1, 0.15) is 5.60 Å². The minimum absolute atomic E-state index is 0.00829.